The third-order valence-electron chi connectivity index (χ3n) is 3.72. The zero-order chi connectivity index (χ0) is 12.6. The van der Waals surface area contributed by atoms with E-state index in [0.29, 0.717) is 0 Å². The van der Waals surface area contributed by atoms with Crippen LogP contribution >= 0.6 is 0 Å². The van der Waals surface area contributed by atoms with Crippen molar-refractivity contribution in [1.29, 1.82) is 0 Å². The lowest BCUT2D eigenvalue weighted by Gasteiger charge is -2.27. The van der Waals surface area contributed by atoms with Crippen molar-refractivity contribution in [1.82, 2.24) is 4.98 Å². The third-order valence-corrected chi connectivity index (χ3v) is 3.72. The van der Waals surface area contributed by atoms with Crippen LogP contribution in [-0.4, -0.2) is 49.7 Å². The molecule has 1 fully saturated rings. The molecule has 0 saturated carbocycles. The maximum atomic E-state index is 5.84. The van der Waals surface area contributed by atoms with Gasteiger partial charge < -0.3 is 13.8 Å². The van der Waals surface area contributed by atoms with Gasteiger partial charge in [0.1, 0.15) is 5.52 Å². The van der Waals surface area contributed by atoms with E-state index in [-0.39, 0.29) is 0 Å². The fourth-order valence-corrected chi connectivity index (χ4v) is 2.49. The molecular formula is C14H20N3O+. The average Bonchev–Trinajstić information content (AvgIpc) is 2.68. The second-order valence-corrected chi connectivity index (χ2v) is 5.69. The number of hydrogen-bond acceptors (Lipinski definition) is 3. The second kappa shape index (κ2) is 4.28. The first kappa shape index (κ1) is 11.5. The summed E-state index contributed by atoms with van der Waals surface area (Å²) >= 11 is 0. The van der Waals surface area contributed by atoms with Gasteiger partial charge in [0.25, 0.3) is 6.01 Å². The van der Waals surface area contributed by atoms with Gasteiger partial charge in [-0.05, 0) is 12.1 Å². The highest BCUT2D eigenvalue weighted by Crippen LogP contribution is 2.23. The van der Waals surface area contributed by atoms with Gasteiger partial charge in [-0.1, -0.05) is 12.1 Å². The first-order valence-electron chi connectivity index (χ1n) is 6.57. The summed E-state index contributed by atoms with van der Waals surface area (Å²) in [5, 5.41) is 0. The molecule has 3 rings (SSSR count). The molecule has 1 saturated heterocycles. The maximum absolute atomic E-state index is 5.84. The van der Waals surface area contributed by atoms with E-state index in [4.69, 9.17) is 4.42 Å². The van der Waals surface area contributed by atoms with Gasteiger partial charge in [0.05, 0.1) is 33.7 Å². The zero-order valence-corrected chi connectivity index (χ0v) is 11.1. The Hall–Kier alpha value is -1.55. The Morgan fingerprint density at radius 3 is 2.83 bits per heavy atom. The van der Waals surface area contributed by atoms with Crippen LogP contribution in [0.4, 0.5) is 6.01 Å². The summed E-state index contributed by atoms with van der Waals surface area (Å²) in [7, 11) is 4.57. The minimum absolute atomic E-state index is 0.776. The van der Waals surface area contributed by atoms with E-state index in [2.05, 4.69) is 24.0 Å². The lowest BCUT2D eigenvalue weighted by Crippen LogP contribution is -2.42. The van der Waals surface area contributed by atoms with E-state index in [9.17, 15) is 0 Å². The van der Waals surface area contributed by atoms with E-state index in [1.807, 2.05) is 24.3 Å². The molecule has 18 heavy (non-hydrogen) atoms. The van der Waals surface area contributed by atoms with Crippen molar-refractivity contribution in [2.24, 2.45) is 0 Å². The Kier molecular flexibility index (Phi) is 2.74. The van der Waals surface area contributed by atoms with Crippen LogP contribution in [0.2, 0.25) is 0 Å². The molecule has 2 heterocycles. The molecule has 4 heteroatoms. The molecule has 1 aromatic heterocycles. The predicted octanol–water partition coefficient (Wildman–Crippen LogP) is 2.11. The lowest BCUT2D eigenvalue weighted by molar-refractivity contribution is -0.887. The number of benzene rings is 1. The Bertz CT molecular complexity index is 514. The molecule has 1 aliphatic heterocycles. The Morgan fingerprint density at radius 1 is 1.17 bits per heavy atom. The highest BCUT2D eigenvalue weighted by molar-refractivity contribution is 5.74. The van der Waals surface area contributed by atoms with Crippen LogP contribution in [0.3, 0.4) is 0 Å². The van der Waals surface area contributed by atoms with Gasteiger partial charge in [-0.2, -0.15) is 4.98 Å². The number of nitrogens with zero attached hydrogens (tertiary/aromatic N) is 3. The molecular weight excluding hydrogens is 226 g/mol. The van der Waals surface area contributed by atoms with Gasteiger partial charge in [0, 0.05) is 13.0 Å². The topological polar surface area (TPSA) is 29.3 Å². The largest absolute Gasteiger partial charge is 0.423 e. The Labute approximate surface area is 107 Å². The van der Waals surface area contributed by atoms with Crippen molar-refractivity contribution in [3.05, 3.63) is 24.3 Å². The van der Waals surface area contributed by atoms with Crippen LogP contribution in [-0.2, 0) is 0 Å². The van der Waals surface area contributed by atoms with Gasteiger partial charge in [0.2, 0.25) is 0 Å². The van der Waals surface area contributed by atoms with Crippen LogP contribution in [0.15, 0.2) is 28.7 Å². The molecule has 0 aliphatic carbocycles. The lowest BCUT2D eigenvalue weighted by atomic mass is 10.3. The van der Waals surface area contributed by atoms with Crippen LogP contribution in [0.25, 0.3) is 11.1 Å². The number of likely N-dealkylation sites (N-methyl/N-ethyl adjacent to an activating group) is 1. The third kappa shape index (κ3) is 2.20. The van der Waals surface area contributed by atoms with Gasteiger partial charge in [-0.3, -0.25) is 0 Å². The van der Waals surface area contributed by atoms with Crippen molar-refractivity contribution in [2.75, 3.05) is 45.2 Å². The normalized spacial score (nSPS) is 20.0. The number of fused-ring (bicyclic) bond motifs is 1. The van der Waals surface area contributed by atoms with Crippen LogP contribution in [0.1, 0.15) is 6.42 Å². The molecule has 2 aromatic rings. The summed E-state index contributed by atoms with van der Waals surface area (Å²) in [5.74, 6) is 0. The van der Waals surface area contributed by atoms with Crippen molar-refractivity contribution >= 4 is 17.1 Å². The SMILES string of the molecule is C[N+]1(C)CCCN(c2nc3ccccc3o2)CC1. The van der Waals surface area contributed by atoms with Gasteiger partial charge >= 0.3 is 0 Å². The van der Waals surface area contributed by atoms with Crippen molar-refractivity contribution in [2.45, 2.75) is 6.42 Å². The number of aromatic nitrogens is 1. The van der Waals surface area contributed by atoms with Crippen molar-refractivity contribution in [3.8, 4) is 0 Å². The molecule has 0 bridgehead atoms. The number of para-hydroxylation sites is 2. The number of quaternary nitrogens is 1. The maximum Gasteiger partial charge on any atom is 0.298 e. The first-order valence-corrected chi connectivity index (χ1v) is 6.57. The van der Waals surface area contributed by atoms with E-state index < -0.39 is 0 Å². The molecule has 1 aromatic carbocycles. The molecule has 0 spiro atoms. The number of hydrogen-bond donors (Lipinski definition) is 0. The van der Waals surface area contributed by atoms with Crippen LogP contribution in [0, 0.1) is 0 Å². The number of oxazole rings is 1. The highest BCUT2D eigenvalue weighted by Gasteiger charge is 2.24. The monoisotopic (exact) mass is 246 g/mol. The van der Waals surface area contributed by atoms with E-state index in [1.54, 1.807) is 0 Å². The van der Waals surface area contributed by atoms with Crippen molar-refractivity contribution in [3.63, 3.8) is 0 Å². The van der Waals surface area contributed by atoms with E-state index >= 15 is 0 Å². The second-order valence-electron chi connectivity index (χ2n) is 5.69. The molecule has 0 unspecified atom stereocenters. The fraction of sp³-hybridized carbons (Fsp3) is 0.500. The number of anilines is 1. The van der Waals surface area contributed by atoms with E-state index in [0.717, 1.165) is 41.2 Å². The smallest absolute Gasteiger partial charge is 0.298 e. The van der Waals surface area contributed by atoms with Gasteiger partial charge in [-0.25, -0.2) is 0 Å². The summed E-state index contributed by atoms with van der Waals surface area (Å²) < 4.78 is 6.92. The summed E-state index contributed by atoms with van der Waals surface area (Å²) in [4.78, 5) is 6.85. The molecule has 1 aliphatic rings. The van der Waals surface area contributed by atoms with Gasteiger partial charge in [-0.15, -0.1) is 0 Å². The van der Waals surface area contributed by atoms with Crippen molar-refractivity contribution < 1.29 is 8.90 Å². The van der Waals surface area contributed by atoms with Crippen LogP contribution < -0.4 is 4.90 Å². The number of rotatable bonds is 1. The average molecular weight is 246 g/mol. The zero-order valence-electron chi connectivity index (χ0n) is 11.1. The summed E-state index contributed by atoms with van der Waals surface area (Å²) in [5.41, 5.74) is 1.83. The van der Waals surface area contributed by atoms with Gasteiger partial charge in [0.15, 0.2) is 5.58 Å². The van der Waals surface area contributed by atoms with Crippen LogP contribution in [0.5, 0.6) is 0 Å². The quantitative estimate of drug-likeness (QED) is 0.722. The minimum atomic E-state index is 0.776. The standard InChI is InChI=1S/C14H20N3O/c1-17(2)10-5-8-16(9-11-17)14-15-12-6-3-4-7-13(12)18-14/h3-4,6-7H,5,8-11H2,1-2H3/q+1. The first-order chi connectivity index (χ1) is 8.64. The fourth-order valence-electron chi connectivity index (χ4n) is 2.49. The van der Waals surface area contributed by atoms with E-state index in [1.165, 1.54) is 13.0 Å². The summed E-state index contributed by atoms with van der Waals surface area (Å²) in [6, 6.07) is 8.73. The Morgan fingerprint density at radius 2 is 2.00 bits per heavy atom. The highest BCUT2D eigenvalue weighted by atomic mass is 16.4. The molecule has 0 amide bonds. The Balaban J connectivity index is 1.85. The molecule has 0 atom stereocenters. The summed E-state index contributed by atoms with van der Waals surface area (Å²) in [6.45, 7) is 4.41. The molecule has 4 nitrogen and oxygen atoms in total. The summed E-state index contributed by atoms with van der Waals surface area (Å²) in [6.07, 6.45) is 1.19. The minimum Gasteiger partial charge on any atom is -0.423 e. The molecule has 96 valence electrons. The molecule has 0 N–H and O–H groups in total. The predicted molar refractivity (Wildman–Crippen MR) is 72.7 cm³/mol. The molecule has 0 radical (unpaired) electrons.